The van der Waals surface area contributed by atoms with Crippen LogP contribution in [0.3, 0.4) is 0 Å². The highest BCUT2D eigenvalue weighted by Gasteiger charge is 2.24. The molecule has 0 atom stereocenters. The van der Waals surface area contributed by atoms with E-state index in [2.05, 4.69) is 169 Å². The maximum absolute atomic E-state index is 6.72. The predicted octanol–water partition coefficient (Wildman–Crippen LogP) is 14.7. The van der Waals surface area contributed by atoms with E-state index in [4.69, 9.17) is 4.42 Å². The van der Waals surface area contributed by atoms with Gasteiger partial charge in [0, 0.05) is 22.0 Å². The molecule has 1 aromatic heterocycles. The van der Waals surface area contributed by atoms with Crippen molar-refractivity contribution in [2.24, 2.45) is 0 Å². The summed E-state index contributed by atoms with van der Waals surface area (Å²) in [5.74, 6) is 0.591. The van der Waals surface area contributed by atoms with E-state index in [9.17, 15) is 0 Å². The van der Waals surface area contributed by atoms with E-state index in [0.717, 1.165) is 39.0 Å². The minimum absolute atomic E-state index is 0.591. The Morgan fingerprint density at radius 3 is 1.92 bits per heavy atom. The van der Waals surface area contributed by atoms with Crippen molar-refractivity contribution in [2.75, 3.05) is 4.90 Å². The van der Waals surface area contributed by atoms with Crippen molar-refractivity contribution in [3.63, 3.8) is 0 Å². The van der Waals surface area contributed by atoms with Crippen molar-refractivity contribution in [1.82, 2.24) is 0 Å². The Morgan fingerprint density at radius 1 is 0.442 bits per heavy atom. The molecule has 0 bridgehead atoms. The van der Waals surface area contributed by atoms with Crippen molar-refractivity contribution in [1.29, 1.82) is 0 Å². The molecule has 0 radical (unpaired) electrons. The van der Waals surface area contributed by atoms with Gasteiger partial charge < -0.3 is 9.32 Å². The molecule has 9 aromatic rings. The summed E-state index contributed by atoms with van der Waals surface area (Å²) in [6, 6.07) is 61.9. The van der Waals surface area contributed by atoms with Gasteiger partial charge in [-0.2, -0.15) is 0 Å². The number of rotatable bonds is 6. The first-order valence-electron chi connectivity index (χ1n) is 18.7. The quantitative estimate of drug-likeness (QED) is 0.175. The second kappa shape index (κ2) is 12.9. The Bertz CT molecular complexity index is 2720. The first kappa shape index (κ1) is 30.7. The lowest BCUT2D eigenvalue weighted by atomic mass is 9.80. The van der Waals surface area contributed by atoms with Crippen LogP contribution in [0.5, 0.6) is 0 Å². The van der Waals surface area contributed by atoms with Crippen LogP contribution < -0.4 is 4.90 Å². The SMILES string of the molecule is c1ccc(N(c2ccc(-c3cccc4ccccc34)cc2)c2cccc3c2oc2ccccc23)c(-c2cccc3cccc(C4CCCCC4)c23)c1. The summed E-state index contributed by atoms with van der Waals surface area (Å²) < 4.78 is 6.72. The molecule has 0 saturated heterocycles. The lowest BCUT2D eigenvalue weighted by Crippen LogP contribution is -2.12. The molecular weight excluding hydrogens is 631 g/mol. The standard InChI is InChI=1S/C50H39NO/c1-2-14-35(15-3-1)41-24-11-18-37-19-12-25-44(49(37)41)42-21-6-8-27-46(42)51(47-28-13-26-45-43-22-7-9-29-48(43)52-50(45)47)38-32-30-36(31-33-38)40-23-10-17-34-16-4-5-20-39(34)40/h4-13,16-33,35H,1-3,14-15H2. The van der Waals surface area contributed by atoms with Crippen LogP contribution in [0.4, 0.5) is 17.1 Å². The normalized spacial score (nSPS) is 13.7. The lowest BCUT2D eigenvalue weighted by molar-refractivity contribution is 0.445. The first-order chi connectivity index (χ1) is 25.8. The zero-order valence-corrected chi connectivity index (χ0v) is 29.1. The predicted molar refractivity (Wildman–Crippen MR) is 220 cm³/mol. The third kappa shape index (κ3) is 5.17. The molecule has 2 nitrogen and oxygen atoms in total. The summed E-state index contributed by atoms with van der Waals surface area (Å²) in [6.45, 7) is 0. The van der Waals surface area contributed by atoms with Crippen LogP contribution in [-0.2, 0) is 0 Å². The number of furan rings is 1. The molecule has 8 aromatic carbocycles. The van der Waals surface area contributed by atoms with Crippen molar-refractivity contribution in [3.8, 4) is 22.3 Å². The summed E-state index contributed by atoms with van der Waals surface area (Å²) in [5, 5.41) is 7.45. The van der Waals surface area contributed by atoms with Crippen molar-refractivity contribution >= 4 is 60.5 Å². The van der Waals surface area contributed by atoms with E-state index in [1.165, 1.54) is 81.5 Å². The number of benzene rings is 8. The number of anilines is 3. The van der Waals surface area contributed by atoms with Crippen molar-refractivity contribution < 1.29 is 4.42 Å². The molecule has 1 aliphatic rings. The Morgan fingerprint density at radius 2 is 1.06 bits per heavy atom. The van der Waals surface area contributed by atoms with E-state index in [-0.39, 0.29) is 0 Å². The molecule has 2 heteroatoms. The highest BCUT2D eigenvalue weighted by molar-refractivity contribution is 6.11. The third-order valence-corrected chi connectivity index (χ3v) is 11.3. The average molecular weight is 670 g/mol. The van der Waals surface area contributed by atoms with E-state index < -0.39 is 0 Å². The van der Waals surface area contributed by atoms with Crippen LogP contribution in [0, 0.1) is 0 Å². The van der Waals surface area contributed by atoms with Gasteiger partial charge in [0.1, 0.15) is 5.58 Å². The molecule has 1 saturated carbocycles. The van der Waals surface area contributed by atoms with Gasteiger partial charge in [0.2, 0.25) is 0 Å². The molecule has 0 N–H and O–H groups in total. The van der Waals surface area contributed by atoms with Gasteiger partial charge in [0.15, 0.2) is 5.58 Å². The van der Waals surface area contributed by atoms with Crippen LogP contribution >= 0.6 is 0 Å². The summed E-state index contributed by atoms with van der Waals surface area (Å²) >= 11 is 0. The molecule has 0 spiro atoms. The molecule has 0 amide bonds. The molecule has 0 aliphatic heterocycles. The zero-order chi connectivity index (χ0) is 34.4. The highest BCUT2D eigenvalue weighted by atomic mass is 16.3. The number of para-hydroxylation sites is 3. The van der Waals surface area contributed by atoms with Crippen LogP contribution in [0.1, 0.15) is 43.6 Å². The summed E-state index contributed by atoms with van der Waals surface area (Å²) in [7, 11) is 0. The van der Waals surface area contributed by atoms with Gasteiger partial charge >= 0.3 is 0 Å². The average Bonchev–Trinajstić information content (AvgIpc) is 3.61. The van der Waals surface area contributed by atoms with Gasteiger partial charge in [-0.3, -0.25) is 0 Å². The zero-order valence-electron chi connectivity index (χ0n) is 29.1. The Kier molecular flexibility index (Phi) is 7.61. The van der Waals surface area contributed by atoms with Crippen LogP contribution in [0.2, 0.25) is 0 Å². The molecule has 1 heterocycles. The van der Waals surface area contributed by atoms with Crippen LogP contribution in [0.25, 0.3) is 65.7 Å². The van der Waals surface area contributed by atoms with Gasteiger partial charge in [-0.1, -0.05) is 159 Å². The number of fused-ring (bicyclic) bond motifs is 5. The fraction of sp³-hybridized carbons (Fsp3) is 0.120. The van der Waals surface area contributed by atoms with Gasteiger partial charge in [-0.25, -0.2) is 0 Å². The van der Waals surface area contributed by atoms with E-state index >= 15 is 0 Å². The molecule has 1 aliphatic carbocycles. The monoisotopic (exact) mass is 669 g/mol. The van der Waals surface area contributed by atoms with Crippen molar-refractivity contribution in [2.45, 2.75) is 38.0 Å². The molecule has 10 rings (SSSR count). The summed E-state index contributed by atoms with van der Waals surface area (Å²) in [6.07, 6.45) is 6.49. The minimum atomic E-state index is 0.591. The fourth-order valence-corrected chi connectivity index (χ4v) is 8.83. The maximum atomic E-state index is 6.72. The van der Waals surface area contributed by atoms with E-state index in [1.807, 2.05) is 6.07 Å². The summed E-state index contributed by atoms with van der Waals surface area (Å²) in [4.78, 5) is 2.41. The smallest absolute Gasteiger partial charge is 0.159 e. The Hall–Kier alpha value is -6.12. The molecule has 1 fully saturated rings. The number of nitrogens with zero attached hydrogens (tertiary/aromatic N) is 1. The lowest BCUT2D eigenvalue weighted by Gasteiger charge is -2.29. The second-order valence-electron chi connectivity index (χ2n) is 14.3. The highest BCUT2D eigenvalue weighted by Crippen LogP contribution is 2.48. The minimum Gasteiger partial charge on any atom is -0.454 e. The van der Waals surface area contributed by atoms with E-state index in [0.29, 0.717) is 5.92 Å². The fourth-order valence-electron chi connectivity index (χ4n) is 8.83. The van der Waals surface area contributed by atoms with Crippen molar-refractivity contribution in [3.05, 3.63) is 175 Å². The Balaban J connectivity index is 1.20. The molecular formula is C50H39NO. The molecule has 250 valence electrons. The first-order valence-corrected chi connectivity index (χ1v) is 18.7. The van der Waals surface area contributed by atoms with Gasteiger partial charge in [-0.05, 0) is 92.9 Å². The second-order valence-corrected chi connectivity index (χ2v) is 14.3. The Labute approximate surface area is 304 Å². The van der Waals surface area contributed by atoms with E-state index in [1.54, 1.807) is 0 Å². The largest absolute Gasteiger partial charge is 0.454 e. The molecule has 52 heavy (non-hydrogen) atoms. The number of hydrogen-bond donors (Lipinski definition) is 0. The van der Waals surface area contributed by atoms with Gasteiger partial charge in [0.25, 0.3) is 0 Å². The van der Waals surface area contributed by atoms with Gasteiger partial charge in [0.05, 0.1) is 11.4 Å². The number of hydrogen-bond acceptors (Lipinski definition) is 2. The summed E-state index contributed by atoms with van der Waals surface area (Å²) in [5.41, 5.74) is 11.4. The molecule has 0 unspecified atom stereocenters. The van der Waals surface area contributed by atoms with Crippen LogP contribution in [-0.4, -0.2) is 0 Å². The van der Waals surface area contributed by atoms with Gasteiger partial charge in [-0.15, -0.1) is 0 Å². The van der Waals surface area contributed by atoms with Crippen LogP contribution in [0.15, 0.2) is 174 Å². The maximum Gasteiger partial charge on any atom is 0.159 e. The third-order valence-electron chi connectivity index (χ3n) is 11.3. The topological polar surface area (TPSA) is 16.4 Å².